The van der Waals surface area contributed by atoms with E-state index in [1.165, 1.54) is 16.7 Å². The van der Waals surface area contributed by atoms with Crippen LogP contribution >= 0.6 is 45.8 Å². The van der Waals surface area contributed by atoms with E-state index in [9.17, 15) is 0 Å². The molecule has 0 bridgehead atoms. The van der Waals surface area contributed by atoms with E-state index < -0.39 is 0 Å². The monoisotopic (exact) mass is 756 g/mol. The van der Waals surface area contributed by atoms with Gasteiger partial charge in [0.05, 0.1) is 23.4 Å². The van der Waals surface area contributed by atoms with Crippen molar-refractivity contribution in [2.75, 3.05) is 10.3 Å². The maximum Gasteiger partial charge on any atom is 0.249 e. The van der Waals surface area contributed by atoms with E-state index in [2.05, 4.69) is 121 Å². The van der Waals surface area contributed by atoms with Crippen molar-refractivity contribution in [2.45, 2.75) is 0 Å². The zero-order chi connectivity index (χ0) is 25.8. The maximum atomic E-state index is 4.76. The van der Waals surface area contributed by atoms with Gasteiger partial charge in [-0.1, -0.05) is 83.3 Å². The highest BCUT2D eigenvalue weighted by Crippen LogP contribution is 2.17. The second-order valence-electron chi connectivity index (χ2n) is 7.46. The van der Waals surface area contributed by atoms with Crippen LogP contribution in [0, 0.1) is 0 Å². The molecule has 0 atom stereocenters. The van der Waals surface area contributed by atoms with E-state index in [-0.39, 0.29) is 29.3 Å². The highest BCUT2D eigenvalue weighted by Gasteiger charge is 2.13. The van der Waals surface area contributed by atoms with Gasteiger partial charge in [0.2, 0.25) is 6.33 Å². The van der Waals surface area contributed by atoms with Crippen molar-refractivity contribution in [3.63, 3.8) is 0 Å². The molecular formula is C29H28Cl2I2N4. The molecule has 0 aliphatic heterocycles. The summed E-state index contributed by atoms with van der Waals surface area (Å²) in [4.78, 5) is 6.33. The van der Waals surface area contributed by atoms with E-state index in [1.807, 2.05) is 53.7 Å². The van der Waals surface area contributed by atoms with Gasteiger partial charge in [0.1, 0.15) is 12.0 Å². The van der Waals surface area contributed by atoms with E-state index in [1.54, 1.807) is 0 Å². The van der Waals surface area contributed by atoms with E-state index in [4.69, 9.17) is 23.2 Å². The summed E-state index contributed by atoms with van der Waals surface area (Å²) in [5.74, 6) is 0. The molecule has 0 amide bonds. The first-order valence-electron chi connectivity index (χ1n) is 11.2. The lowest BCUT2D eigenvalue weighted by Crippen LogP contribution is -3.00. The Bertz CT molecular complexity index is 1470. The Morgan fingerprint density at radius 3 is 1.73 bits per heavy atom. The Labute approximate surface area is 259 Å². The standard InChI is InChI=1S/C14H13N2.C13H10N2.CH2Cl2.CH3I.HI/c1-15-11-16(12-7-3-2-4-8-12)14-10-6-5-9-13(14)15;1-2-6-11(7-3-1)15-10-14-12-8-4-5-9-13(12)15;2-1-3;1-2;/h2-11H,1H3;1-10H;1H2;1H3;1H/q+1;;;;/p-1. The molecule has 37 heavy (non-hydrogen) atoms. The van der Waals surface area contributed by atoms with Gasteiger partial charge in [-0.2, -0.15) is 4.57 Å². The molecule has 0 unspecified atom stereocenters. The summed E-state index contributed by atoms with van der Waals surface area (Å²) in [5.41, 5.74) is 6.98. The van der Waals surface area contributed by atoms with Crippen LogP contribution < -0.4 is 28.5 Å². The van der Waals surface area contributed by atoms with Gasteiger partial charge in [0.15, 0.2) is 11.0 Å². The first-order valence-corrected chi connectivity index (χ1v) is 14.4. The zero-order valence-electron chi connectivity index (χ0n) is 20.6. The Hall–Kier alpha value is -2.14. The lowest BCUT2D eigenvalue weighted by Gasteiger charge is -2.02. The SMILES string of the molecule is CI.C[n+]1cn(-c2ccccc2)c2ccccc21.ClCCl.[I-].c1ccc(-n2cnc3ccccc32)cc1. The third-order valence-corrected chi connectivity index (χ3v) is 5.33. The van der Waals surface area contributed by atoms with Crippen LogP contribution in [0.3, 0.4) is 0 Å². The molecule has 0 N–H and O–H groups in total. The van der Waals surface area contributed by atoms with Gasteiger partial charge in [0.25, 0.3) is 0 Å². The third-order valence-electron chi connectivity index (χ3n) is 5.33. The molecule has 6 rings (SSSR count). The lowest BCUT2D eigenvalue weighted by atomic mass is 10.3. The zero-order valence-corrected chi connectivity index (χ0v) is 26.4. The number of imidazole rings is 2. The summed E-state index contributed by atoms with van der Waals surface area (Å²) in [7, 11) is 2.07. The fourth-order valence-electron chi connectivity index (χ4n) is 3.81. The van der Waals surface area contributed by atoms with Gasteiger partial charge < -0.3 is 24.0 Å². The summed E-state index contributed by atoms with van der Waals surface area (Å²) in [6.45, 7) is 0. The van der Waals surface area contributed by atoms with Crippen LogP contribution in [0.4, 0.5) is 0 Å². The molecule has 4 nitrogen and oxygen atoms in total. The van der Waals surface area contributed by atoms with Crippen LogP contribution in [-0.2, 0) is 7.05 Å². The molecular weight excluding hydrogens is 729 g/mol. The minimum absolute atomic E-state index is 0. The summed E-state index contributed by atoms with van der Waals surface area (Å²) in [6.07, 6.45) is 3.97. The van der Waals surface area contributed by atoms with E-state index >= 15 is 0 Å². The second kappa shape index (κ2) is 16.7. The van der Waals surface area contributed by atoms with Gasteiger partial charge >= 0.3 is 0 Å². The van der Waals surface area contributed by atoms with E-state index in [0.717, 1.165) is 16.7 Å². The molecule has 0 fully saturated rings. The molecule has 0 saturated heterocycles. The molecule has 0 aliphatic rings. The molecule has 6 aromatic rings. The van der Waals surface area contributed by atoms with Gasteiger partial charge in [-0.05, 0) is 53.5 Å². The summed E-state index contributed by atoms with van der Waals surface area (Å²) >= 11 is 11.7. The van der Waals surface area contributed by atoms with Gasteiger partial charge in [-0.3, -0.25) is 4.57 Å². The van der Waals surface area contributed by atoms with Crippen molar-refractivity contribution < 1.29 is 28.5 Å². The number of aromatic nitrogens is 4. The number of para-hydroxylation sites is 6. The van der Waals surface area contributed by atoms with Crippen LogP contribution in [-0.4, -0.2) is 24.4 Å². The molecule has 8 heteroatoms. The van der Waals surface area contributed by atoms with Crippen LogP contribution in [0.25, 0.3) is 33.4 Å². The maximum absolute atomic E-state index is 4.76. The number of hydrogen-bond acceptors (Lipinski definition) is 1. The Balaban J connectivity index is 0.000000218. The van der Waals surface area contributed by atoms with Crippen molar-refractivity contribution in [3.8, 4) is 11.4 Å². The second-order valence-corrected chi connectivity index (χ2v) is 8.27. The number of alkyl halides is 3. The fourth-order valence-corrected chi connectivity index (χ4v) is 3.81. The van der Waals surface area contributed by atoms with Crippen molar-refractivity contribution in [2.24, 2.45) is 7.05 Å². The topological polar surface area (TPSA) is 26.6 Å². The fraction of sp³-hybridized carbons (Fsp3) is 0.103. The Kier molecular flexibility index (Phi) is 14.0. The number of nitrogens with zero attached hydrogens (tertiary/aromatic N) is 4. The summed E-state index contributed by atoms with van der Waals surface area (Å²) < 4.78 is 6.44. The minimum atomic E-state index is 0. The highest BCUT2D eigenvalue weighted by molar-refractivity contribution is 14.1. The number of hydrogen-bond donors (Lipinski definition) is 0. The highest BCUT2D eigenvalue weighted by atomic mass is 127. The number of fused-ring (bicyclic) bond motifs is 2. The van der Waals surface area contributed by atoms with Crippen molar-refractivity contribution in [1.82, 2.24) is 14.1 Å². The van der Waals surface area contributed by atoms with Crippen molar-refractivity contribution in [3.05, 3.63) is 122 Å². The molecule has 0 aliphatic carbocycles. The molecule has 0 saturated carbocycles. The smallest absolute Gasteiger partial charge is 0.249 e. The first-order chi connectivity index (χ1) is 17.7. The van der Waals surface area contributed by atoms with Gasteiger partial charge in [-0.25, -0.2) is 9.55 Å². The molecule has 0 radical (unpaired) electrons. The molecule has 2 heterocycles. The van der Waals surface area contributed by atoms with Crippen LogP contribution in [0.5, 0.6) is 0 Å². The molecule has 0 spiro atoms. The number of halogens is 4. The quantitative estimate of drug-likeness (QED) is 0.140. The van der Waals surface area contributed by atoms with Crippen LogP contribution in [0.2, 0.25) is 0 Å². The average molecular weight is 757 g/mol. The van der Waals surface area contributed by atoms with Crippen molar-refractivity contribution >= 4 is 67.9 Å². The summed E-state index contributed by atoms with van der Waals surface area (Å²) in [5, 5.41) is 0.194. The lowest BCUT2D eigenvalue weighted by molar-refractivity contribution is -0.645. The molecule has 2 aromatic heterocycles. The average Bonchev–Trinajstić information content (AvgIpc) is 3.53. The Morgan fingerprint density at radius 1 is 0.676 bits per heavy atom. The molecule has 4 aromatic carbocycles. The minimum Gasteiger partial charge on any atom is -1.00 e. The van der Waals surface area contributed by atoms with Crippen LogP contribution in [0.1, 0.15) is 0 Å². The first kappa shape index (κ1) is 31.1. The predicted octanol–water partition coefficient (Wildman–Crippen LogP) is 4.96. The number of aryl methyl sites for hydroxylation is 1. The predicted molar refractivity (Wildman–Crippen MR) is 162 cm³/mol. The van der Waals surface area contributed by atoms with Crippen LogP contribution in [0.15, 0.2) is 122 Å². The van der Waals surface area contributed by atoms with Gasteiger partial charge in [0, 0.05) is 5.69 Å². The van der Waals surface area contributed by atoms with Gasteiger partial charge in [-0.15, -0.1) is 23.2 Å². The Morgan fingerprint density at radius 2 is 1.14 bits per heavy atom. The van der Waals surface area contributed by atoms with Crippen molar-refractivity contribution in [1.29, 1.82) is 0 Å². The third kappa shape index (κ3) is 8.17. The molecule has 192 valence electrons. The van der Waals surface area contributed by atoms with E-state index in [0.29, 0.717) is 0 Å². The largest absolute Gasteiger partial charge is 1.00 e. The number of benzene rings is 4. The summed E-state index contributed by atoms with van der Waals surface area (Å²) in [6, 6.07) is 37.2. The number of rotatable bonds is 2. The normalized spacial score (nSPS) is 9.65.